The Bertz CT molecular complexity index is 544. The third-order valence-electron chi connectivity index (χ3n) is 3.01. The first-order valence-corrected chi connectivity index (χ1v) is 5.58. The van der Waals surface area contributed by atoms with E-state index < -0.39 is 0 Å². The van der Waals surface area contributed by atoms with Gasteiger partial charge in [-0.3, -0.25) is 0 Å². The molecule has 1 aromatic carbocycles. The molecule has 1 heterocycles. The van der Waals surface area contributed by atoms with Gasteiger partial charge in [0.2, 0.25) is 0 Å². The molecule has 17 heavy (non-hydrogen) atoms. The number of hydrogen-bond donors (Lipinski definition) is 2. The molecule has 2 rings (SSSR count). The summed E-state index contributed by atoms with van der Waals surface area (Å²) in [7, 11) is 3.32. The van der Waals surface area contributed by atoms with Crippen LogP contribution in [0.4, 0.5) is 0 Å². The largest absolute Gasteiger partial charge is 0.496 e. The summed E-state index contributed by atoms with van der Waals surface area (Å²) < 4.78 is 10.7. The molecule has 0 radical (unpaired) electrons. The molecule has 2 aromatic rings. The third kappa shape index (κ3) is 1.74. The van der Waals surface area contributed by atoms with Crippen molar-refractivity contribution in [3.8, 4) is 11.5 Å². The Hall–Kier alpha value is -1.68. The molecule has 0 saturated carbocycles. The van der Waals surface area contributed by atoms with Crippen molar-refractivity contribution in [1.29, 1.82) is 0 Å². The van der Waals surface area contributed by atoms with Crippen LogP contribution in [0, 0.1) is 6.92 Å². The van der Waals surface area contributed by atoms with E-state index in [1.54, 1.807) is 14.2 Å². The molecule has 0 spiro atoms. The average molecular weight is 234 g/mol. The van der Waals surface area contributed by atoms with Gasteiger partial charge in [-0.05, 0) is 26.0 Å². The number of aromatic amines is 1. The second-order valence-electron chi connectivity index (χ2n) is 4.17. The van der Waals surface area contributed by atoms with E-state index in [0.29, 0.717) is 0 Å². The van der Waals surface area contributed by atoms with E-state index in [2.05, 4.69) is 4.98 Å². The number of methoxy groups -OCH3 is 2. The van der Waals surface area contributed by atoms with E-state index in [0.717, 1.165) is 33.7 Å². The number of hydrogen-bond acceptors (Lipinski definition) is 3. The lowest BCUT2D eigenvalue weighted by Crippen LogP contribution is -2.06. The fourth-order valence-corrected chi connectivity index (χ4v) is 2.31. The van der Waals surface area contributed by atoms with Crippen molar-refractivity contribution in [2.24, 2.45) is 5.73 Å². The van der Waals surface area contributed by atoms with E-state index in [1.165, 1.54) is 0 Å². The molecule has 0 fully saturated rings. The fraction of sp³-hybridized carbons (Fsp3) is 0.385. The van der Waals surface area contributed by atoms with Gasteiger partial charge >= 0.3 is 0 Å². The van der Waals surface area contributed by atoms with Crippen LogP contribution in [0.15, 0.2) is 12.1 Å². The average Bonchev–Trinajstić information content (AvgIpc) is 2.64. The van der Waals surface area contributed by atoms with Gasteiger partial charge in [0.25, 0.3) is 0 Å². The molecule has 4 heteroatoms. The molecule has 4 nitrogen and oxygen atoms in total. The first-order chi connectivity index (χ1) is 8.10. The quantitative estimate of drug-likeness (QED) is 0.857. The van der Waals surface area contributed by atoms with E-state index in [1.807, 2.05) is 26.0 Å². The zero-order valence-corrected chi connectivity index (χ0v) is 10.6. The highest BCUT2D eigenvalue weighted by atomic mass is 16.5. The summed E-state index contributed by atoms with van der Waals surface area (Å²) in [6.45, 7) is 3.98. The topological polar surface area (TPSA) is 60.3 Å². The Kier molecular flexibility index (Phi) is 2.98. The summed E-state index contributed by atoms with van der Waals surface area (Å²) in [6, 6.07) is 3.74. The van der Waals surface area contributed by atoms with Crippen LogP contribution in [0.3, 0.4) is 0 Å². The molecular formula is C13H18N2O2. The minimum atomic E-state index is -0.0512. The normalized spacial score (nSPS) is 12.8. The Labute approximate surface area is 101 Å². The zero-order chi connectivity index (χ0) is 12.6. The second-order valence-corrected chi connectivity index (χ2v) is 4.17. The van der Waals surface area contributed by atoms with Crippen molar-refractivity contribution in [1.82, 2.24) is 4.98 Å². The van der Waals surface area contributed by atoms with Gasteiger partial charge in [0.1, 0.15) is 11.5 Å². The maximum atomic E-state index is 6.02. The molecule has 0 amide bonds. The maximum Gasteiger partial charge on any atom is 0.143 e. The summed E-state index contributed by atoms with van der Waals surface area (Å²) in [6.07, 6.45) is 0. The lowest BCUT2D eigenvalue weighted by atomic mass is 10.0. The van der Waals surface area contributed by atoms with Crippen molar-refractivity contribution in [2.45, 2.75) is 19.9 Å². The van der Waals surface area contributed by atoms with Crippen LogP contribution in [0.1, 0.15) is 24.2 Å². The zero-order valence-electron chi connectivity index (χ0n) is 10.6. The SMILES string of the molecule is COc1ccc(OC)c2c(C(C)N)c(C)[nH]c12. The molecule has 1 atom stereocenters. The number of benzene rings is 1. The second kappa shape index (κ2) is 4.30. The molecule has 1 aromatic heterocycles. The van der Waals surface area contributed by atoms with Gasteiger partial charge in [0.15, 0.2) is 0 Å². The number of aryl methyl sites for hydroxylation is 1. The number of H-pyrrole nitrogens is 1. The van der Waals surface area contributed by atoms with Crippen LogP contribution in [-0.2, 0) is 0 Å². The number of fused-ring (bicyclic) bond motifs is 1. The molecule has 0 aliphatic carbocycles. The van der Waals surface area contributed by atoms with Gasteiger partial charge in [-0.15, -0.1) is 0 Å². The molecule has 0 saturated heterocycles. The summed E-state index contributed by atoms with van der Waals surface area (Å²) in [5, 5.41) is 1.01. The van der Waals surface area contributed by atoms with Gasteiger partial charge in [-0.2, -0.15) is 0 Å². The van der Waals surface area contributed by atoms with Gasteiger partial charge in [-0.1, -0.05) is 0 Å². The molecule has 0 aliphatic heterocycles. The van der Waals surface area contributed by atoms with Crippen LogP contribution in [0.5, 0.6) is 11.5 Å². The molecule has 3 N–H and O–H groups in total. The lowest BCUT2D eigenvalue weighted by molar-refractivity contribution is 0.410. The number of rotatable bonds is 3. The number of ether oxygens (including phenoxy) is 2. The van der Waals surface area contributed by atoms with Crippen LogP contribution in [0.25, 0.3) is 10.9 Å². The highest BCUT2D eigenvalue weighted by Gasteiger charge is 2.18. The monoisotopic (exact) mass is 234 g/mol. The van der Waals surface area contributed by atoms with Crippen LogP contribution in [-0.4, -0.2) is 19.2 Å². The smallest absolute Gasteiger partial charge is 0.143 e. The predicted octanol–water partition coefficient (Wildman–Crippen LogP) is 2.51. The standard InChI is InChI=1S/C13H18N2O2/c1-7(14)11-8(2)15-13-10(17-4)6-5-9(16-3)12(11)13/h5-7,15H,14H2,1-4H3. The van der Waals surface area contributed by atoms with Gasteiger partial charge < -0.3 is 20.2 Å². The van der Waals surface area contributed by atoms with E-state index in [-0.39, 0.29) is 6.04 Å². The Morgan fingerprint density at radius 3 is 2.29 bits per heavy atom. The lowest BCUT2D eigenvalue weighted by Gasteiger charge is -2.10. The van der Waals surface area contributed by atoms with Crippen molar-refractivity contribution < 1.29 is 9.47 Å². The summed E-state index contributed by atoms with van der Waals surface area (Å²) in [5.74, 6) is 1.62. The Balaban J connectivity index is 2.86. The molecule has 0 aliphatic rings. The maximum absolute atomic E-state index is 6.02. The fourth-order valence-electron chi connectivity index (χ4n) is 2.31. The van der Waals surface area contributed by atoms with E-state index >= 15 is 0 Å². The highest BCUT2D eigenvalue weighted by molar-refractivity contribution is 5.95. The molecule has 1 unspecified atom stereocenters. The highest BCUT2D eigenvalue weighted by Crippen LogP contribution is 2.38. The van der Waals surface area contributed by atoms with Gasteiger partial charge in [0, 0.05) is 17.3 Å². The predicted molar refractivity (Wildman–Crippen MR) is 68.7 cm³/mol. The summed E-state index contributed by atoms with van der Waals surface area (Å²) in [5.41, 5.74) is 9.10. The summed E-state index contributed by atoms with van der Waals surface area (Å²) >= 11 is 0. The Morgan fingerprint density at radius 2 is 1.76 bits per heavy atom. The minimum Gasteiger partial charge on any atom is -0.496 e. The summed E-state index contributed by atoms with van der Waals surface area (Å²) in [4.78, 5) is 3.32. The molecular weight excluding hydrogens is 216 g/mol. The third-order valence-corrected chi connectivity index (χ3v) is 3.01. The number of nitrogens with one attached hydrogen (secondary N) is 1. The molecule has 0 bridgehead atoms. The van der Waals surface area contributed by atoms with E-state index in [9.17, 15) is 0 Å². The van der Waals surface area contributed by atoms with Crippen molar-refractivity contribution in [2.75, 3.05) is 14.2 Å². The van der Waals surface area contributed by atoms with Crippen molar-refractivity contribution in [3.05, 3.63) is 23.4 Å². The number of nitrogens with two attached hydrogens (primary N) is 1. The number of aromatic nitrogens is 1. The van der Waals surface area contributed by atoms with Crippen LogP contribution >= 0.6 is 0 Å². The van der Waals surface area contributed by atoms with Crippen molar-refractivity contribution >= 4 is 10.9 Å². The molecule has 92 valence electrons. The minimum absolute atomic E-state index is 0.0512. The van der Waals surface area contributed by atoms with Crippen LogP contribution in [0.2, 0.25) is 0 Å². The van der Waals surface area contributed by atoms with Crippen molar-refractivity contribution in [3.63, 3.8) is 0 Å². The van der Waals surface area contributed by atoms with Gasteiger partial charge in [0.05, 0.1) is 25.1 Å². The van der Waals surface area contributed by atoms with E-state index in [4.69, 9.17) is 15.2 Å². The van der Waals surface area contributed by atoms with Crippen LogP contribution < -0.4 is 15.2 Å². The first-order valence-electron chi connectivity index (χ1n) is 5.58. The first kappa shape index (κ1) is 11.8. The van der Waals surface area contributed by atoms with Gasteiger partial charge in [-0.25, -0.2) is 0 Å². The Morgan fingerprint density at radius 1 is 1.18 bits per heavy atom.